The zero-order valence-corrected chi connectivity index (χ0v) is 25.6. The number of pyridine rings is 2. The second-order valence-corrected chi connectivity index (χ2v) is 12.1. The number of amides is 1. The summed E-state index contributed by atoms with van der Waals surface area (Å²) in [5.74, 6) is -0.737. The Labute approximate surface area is 253 Å². The molecular formula is C32H32ClFN4O3S. The van der Waals surface area contributed by atoms with Crippen molar-refractivity contribution in [3.63, 3.8) is 0 Å². The highest BCUT2D eigenvalue weighted by atomic mass is 35.5. The van der Waals surface area contributed by atoms with E-state index in [1.807, 2.05) is 50.1 Å². The van der Waals surface area contributed by atoms with Gasteiger partial charge in [-0.2, -0.15) is 0 Å². The van der Waals surface area contributed by atoms with Crippen molar-refractivity contribution in [2.24, 2.45) is 0 Å². The van der Waals surface area contributed by atoms with Gasteiger partial charge in [0.2, 0.25) is 5.88 Å². The number of allylic oxidation sites excluding steroid dienone is 1. The average molecular weight is 607 g/mol. The Bertz CT molecular complexity index is 1700. The van der Waals surface area contributed by atoms with Crippen LogP contribution in [-0.4, -0.2) is 44.5 Å². The van der Waals surface area contributed by atoms with Crippen molar-refractivity contribution in [2.75, 3.05) is 13.1 Å². The molecule has 0 unspecified atom stereocenters. The lowest BCUT2D eigenvalue weighted by Gasteiger charge is -2.28. The zero-order valence-electron chi connectivity index (χ0n) is 24.0. The number of hydrogen-bond donors (Lipinski definition) is 0. The molecule has 0 spiro atoms. The van der Waals surface area contributed by atoms with E-state index in [1.165, 1.54) is 22.0 Å². The Hall–Kier alpha value is -3.82. The van der Waals surface area contributed by atoms with E-state index in [2.05, 4.69) is 4.98 Å². The fourth-order valence-corrected chi connectivity index (χ4v) is 5.88. The van der Waals surface area contributed by atoms with E-state index < -0.39 is 11.4 Å². The summed E-state index contributed by atoms with van der Waals surface area (Å²) in [5, 5.41) is 2.90. The summed E-state index contributed by atoms with van der Waals surface area (Å²) in [6.45, 7) is 8.67. The van der Waals surface area contributed by atoms with Crippen LogP contribution in [0.3, 0.4) is 0 Å². The molecule has 4 heterocycles. The largest absolute Gasteiger partial charge is 0.473 e. The summed E-state index contributed by atoms with van der Waals surface area (Å²) in [6, 6.07) is 10.1. The third kappa shape index (κ3) is 6.32. The van der Waals surface area contributed by atoms with Crippen molar-refractivity contribution < 1.29 is 13.9 Å². The van der Waals surface area contributed by atoms with Crippen molar-refractivity contribution in [1.29, 1.82) is 0 Å². The van der Waals surface area contributed by atoms with Crippen molar-refractivity contribution >= 4 is 34.9 Å². The normalized spacial score (nSPS) is 13.4. The van der Waals surface area contributed by atoms with Crippen LogP contribution in [0.25, 0.3) is 33.6 Å². The number of carbonyl (C=O) groups is 1. The lowest BCUT2D eigenvalue weighted by atomic mass is 10.0. The van der Waals surface area contributed by atoms with Crippen LogP contribution in [0.2, 0.25) is 5.02 Å². The van der Waals surface area contributed by atoms with E-state index in [4.69, 9.17) is 21.3 Å². The lowest BCUT2D eigenvalue weighted by molar-refractivity contribution is 0.0723. The number of benzene rings is 1. The molecule has 0 atom stereocenters. The Kier molecular flexibility index (Phi) is 8.89. The van der Waals surface area contributed by atoms with E-state index in [0.717, 1.165) is 36.6 Å². The molecule has 1 aromatic carbocycles. The summed E-state index contributed by atoms with van der Waals surface area (Å²) in [6.07, 6.45) is 5.42. The number of hydrogen-bond acceptors (Lipinski definition) is 6. The molecule has 0 bridgehead atoms. The minimum atomic E-state index is -0.635. The predicted octanol–water partition coefficient (Wildman–Crippen LogP) is 7.65. The highest BCUT2D eigenvalue weighted by Crippen LogP contribution is 2.32. The first-order valence-electron chi connectivity index (χ1n) is 13.9. The number of halogens is 2. The van der Waals surface area contributed by atoms with E-state index in [-0.39, 0.29) is 29.1 Å². The molecule has 0 saturated carbocycles. The molecule has 1 fully saturated rings. The molecule has 7 nitrogen and oxygen atoms in total. The maximum Gasteiger partial charge on any atom is 0.266 e. The van der Waals surface area contributed by atoms with Gasteiger partial charge in [-0.05, 0) is 71.2 Å². The summed E-state index contributed by atoms with van der Waals surface area (Å²) >= 11 is 7.36. The predicted molar refractivity (Wildman–Crippen MR) is 166 cm³/mol. The number of ether oxygens (including phenoxy) is 1. The monoisotopic (exact) mass is 606 g/mol. The molecule has 4 aromatic rings. The first-order valence-corrected chi connectivity index (χ1v) is 15.2. The van der Waals surface area contributed by atoms with Crippen LogP contribution in [0.4, 0.5) is 4.39 Å². The second-order valence-electron chi connectivity index (χ2n) is 10.8. The first-order chi connectivity index (χ1) is 20.1. The molecule has 1 amide bonds. The summed E-state index contributed by atoms with van der Waals surface area (Å²) < 4.78 is 22.0. The van der Waals surface area contributed by atoms with Crippen molar-refractivity contribution in [1.82, 2.24) is 19.4 Å². The quantitative estimate of drug-likeness (QED) is 0.216. The number of rotatable bonds is 7. The fraction of sp³-hybridized carbons (Fsp3) is 0.312. The average Bonchev–Trinajstić information content (AvgIpc) is 3.44. The molecule has 0 N–H and O–H groups in total. The highest BCUT2D eigenvalue weighted by molar-refractivity contribution is 7.13. The smallest absolute Gasteiger partial charge is 0.266 e. The molecule has 218 valence electrons. The first kappa shape index (κ1) is 29.7. The van der Waals surface area contributed by atoms with Crippen LogP contribution in [0, 0.1) is 5.82 Å². The van der Waals surface area contributed by atoms with Crippen molar-refractivity contribution in [3.05, 3.63) is 86.0 Å². The van der Waals surface area contributed by atoms with Crippen LogP contribution in [0.15, 0.2) is 58.3 Å². The molecule has 0 aliphatic carbocycles. The molecule has 1 aliphatic heterocycles. The molecule has 1 saturated heterocycles. The van der Waals surface area contributed by atoms with E-state index in [1.54, 1.807) is 24.3 Å². The van der Waals surface area contributed by atoms with Gasteiger partial charge in [-0.1, -0.05) is 29.3 Å². The minimum Gasteiger partial charge on any atom is -0.473 e. The third-order valence-electron chi connectivity index (χ3n) is 6.80. The highest BCUT2D eigenvalue weighted by Gasteiger charge is 2.28. The maximum atomic E-state index is 14.7. The van der Waals surface area contributed by atoms with E-state index >= 15 is 0 Å². The summed E-state index contributed by atoms with van der Waals surface area (Å²) in [7, 11) is 0. The minimum absolute atomic E-state index is 0.0893. The number of nitrogens with zero attached hydrogens (tertiary/aromatic N) is 4. The summed E-state index contributed by atoms with van der Waals surface area (Å²) in [5.41, 5.74) is 2.93. The van der Waals surface area contributed by atoms with Crippen molar-refractivity contribution in [2.45, 2.75) is 53.1 Å². The fourth-order valence-electron chi connectivity index (χ4n) is 4.92. The molecule has 1 aliphatic rings. The van der Waals surface area contributed by atoms with E-state index in [0.29, 0.717) is 40.1 Å². The van der Waals surface area contributed by atoms with Crippen LogP contribution >= 0.6 is 22.9 Å². The van der Waals surface area contributed by atoms with Gasteiger partial charge in [0.05, 0.1) is 34.8 Å². The van der Waals surface area contributed by atoms with Crippen LogP contribution in [0.5, 0.6) is 5.88 Å². The van der Waals surface area contributed by atoms with Crippen LogP contribution in [-0.2, 0) is 0 Å². The number of thiazole rings is 1. The Balaban J connectivity index is 1.80. The van der Waals surface area contributed by atoms with Gasteiger partial charge in [-0.25, -0.2) is 14.4 Å². The zero-order chi connectivity index (χ0) is 30.0. The lowest BCUT2D eigenvalue weighted by Crippen LogP contribution is -2.37. The maximum absolute atomic E-state index is 14.7. The molecule has 10 heteroatoms. The number of piperidine rings is 1. The molecular weight excluding hydrogens is 575 g/mol. The van der Waals surface area contributed by atoms with E-state index in [9.17, 15) is 14.0 Å². The second kappa shape index (κ2) is 12.6. The molecule has 0 radical (unpaired) electrons. The topological polar surface area (TPSA) is 77.3 Å². The Morgan fingerprint density at radius 3 is 2.50 bits per heavy atom. The standard InChI is InChI=1S/C32H32ClFN4O3S/c1-19(2)14-27-24(31(39)37-12-6-5-7-13-37)16-25(30-36-26(18-42-30)21-8-10-22(33)11-9-21)32(40)38(27)28-15-23(34)17-35-29(28)41-20(3)4/h8-11,14-18,20H,5-7,12-13H2,1-4H3. The summed E-state index contributed by atoms with van der Waals surface area (Å²) in [4.78, 5) is 39.3. The number of likely N-dealkylation sites (tertiary alicyclic amines) is 1. The van der Waals surface area contributed by atoms with Gasteiger partial charge in [0.25, 0.3) is 11.5 Å². The van der Waals surface area contributed by atoms with Gasteiger partial charge in [0.1, 0.15) is 16.5 Å². The van der Waals surface area contributed by atoms with Gasteiger partial charge in [0.15, 0.2) is 0 Å². The van der Waals surface area contributed by atoms with Crippen LogP contribution in [0.1, 0.15) is 63.0 Å². The SMILES string of the molecule is CC(C)=Cc1c(C(=O)N2CCCCC2)cc(-c2nc(-c3ccc(Cl)cc3)cs2)c(=O)n1-c1cc(F)cnc1OC(C)C. The number of carbonyl (C=O) groups excluding carboxylic acids is 1. The van der Waals surface area contributed by atoms with Gasteiger partial charge < -0.3 is 9.64 Å². The molecule has 5 rings (SSSR count). The third-order valence-corrected chi connectivity index (χ3v) is 7.93. The van der Waals surface area contributed by atoms with Crippen LogP contribution < -0.4 is 10.3 Å². The molecule has 42 heavy (non-hydrogen) atoms. The Morgan fingerprint density at radius 2 is 1.83 bits per heavy atom. The van der Waals surface area contributed by atoms with Gasteiger partial charge >= 0.3 is 0 Å². The molecule has 3 aromatic heterocycles. The van der Waals surface area contributed by atoms with Gasteiger partial charge in [0, 0.05) is 35.1 Å². The van der Waals surface area contributed by atoms with Gasteiger partial charge in [-0.3, -0.25) is 14.2 Å². The van der Waals surface area contributed by atoms with Gasteiger partial charge in [-0.15, -0.1) is 11.3 Å². The van der Waals surface area contributed by atoms with Crippen molar-refractivity contribution in [3.8, 4) is 33.4 Å². The number of aromatic nitrogens is 3. The Morgan fingerprint density at radius 1 is 1.12 bits per heavy atom.